The Balaban J connectivity index is 1.84. The highest BCUT2D eigenvalue weighted by Gasteiger charge is 2.17. The SMILES string of the molecule is CCN=CC(C)(C)Nc1nsc(-c2cc3cccnc3cn2)n1. The van der Waals surface area contributed by atoms with E-state index in [-0.39, 0.29) is 5.54 Å². The highest BCUT2D eigenvalue weighted by Crippen LogP contribution is 2.24. The molecule has 3 rings (SSSR count). The zero-order valence-corrected chi connectivity index (χ0v) is 14.1. The molecule has 0 aliphatic carbocycles. The van der Waals surface area contributed by atoms with Gasteiger partial charge in [-0.05, 0) is 44.4 Å². The van der Waals surface area contributed by atoms with Crippen LogP contribution in [-0.2, 0) is 0 Å². The lowest BCUT2D eigenvalue weighted by Crippen LogP contribution is -2.33. The zero-order chi connectivity index (χ0) is 16.3. The van der Waals surface area contributed by atoms with Crippen molar-refractivity contribution in [1.82, 2.24) is 19.3 Å². The molecule has 0 unspecified atom stereocenters. The maximum absolute atomic E-state index is 4.53. The number of aromatic nitrogens is 4. The number of aliphatic imine (C=N–C) groups is 1. The summed E-state index contributed by atoms with van der Waals surface area (Å²) in [6.45, 7) is 6.83. The summed E-state index contributed by atoms with van der Waals surface area (Å²) in [5.74, 6) is 0.589. The third-order valence-corrected chi connectivity index (χ3v) is 3.90. The van der Waals surface area contributed by atoms with E-state index in [1.54, 1.807) is 12.4 Å². The van der Waals surface area contributed by atoms with Crippen molar-refractivity contribution in [2.75, 3.05) is 11.9 Å². The average molecular weight is 326 g/mol. The second kappa shape index (κ2) is 6.37. The topological polar surface area (TPSA) is 76.0 Å². The molecule has 6 nitrogen and oxygen atoms in total. The van der Waals surface area contributed by atoms with Gasteiger partial charge in [-0.2, -0.15) is 9.36 Å². The van der Waals surface area contributed by atoms with Crippen LogP contribution in [0.2, 0.25) is 0 Å². The van der Waals surface area contributed by atoms with Crippen molar-refractivity contribution >= 4 is 34.6 Å². The van der Waals surface area contributed by atoms with Crippen molar-refractivity contribution in [3.8, 4) is 10.7 Å². The van der Waals surface area contributed by atoms with Crippen LogP contribution >= 0.6 is 11.5 Å². The quantitative estimate of drug-likeness (QED) is 0.727. The minimum absolute atomic E-state index is 0.297. The third-order valence-electron chi connectivity index (χ3n) is 3.17. The first-order chi connectivity index (χ1) is 11.1. The maximum Gasteiger partial charge on any atom is 0.235 e. The summed E-state index contributed by atoms with van der Waals surface area (Å²) in [4.78, 5) is 17.5. The molecule has 0 spiro atoms. The number of fused-ring (bicyclic) bond motifs is 1. The van der Waals surface area contributed by atoms with Crippen LogP contribution in [0.1, 0.15) is 20.8 Å². The number of nitrogens with zero attached hydrogens (tertiary/aromatic N) is 5. The van der Waals surface area contributed by atoms with E-state index in [2.05, 4.69) is 29.6 Å². The summed E-state index contributed by atoms with van der Waals surface area (Å²) in [7, 11) is 0. The number of rotatable bonds is 5. The van der Waals surface area contributed by atoms with Gasteiger partial charge in [-0.1, -0.05) is 6.07 Å². The summed E-state index contributed by atoms with van der Waals surface area (Å²) < 4.78 is 4.37. The molecule has 0 fully saturated rings. The predicted molar refractivity (Wildman–Crippen MR) is 95.2 cm³/mol. The number of nitrogens with one attached hydrogen (secondary N) is 1. The first-order valence-corrected chi connectivity index (χ1v) is 8.19. The van der Waals surface area contributed by atoms with Crippen molar-refractivity contribution in [3.05, 3.63) is 30.6 Å². The van der Waals surface area contributed by atoms with Gasteiger partial charge >= 0.3 is 0 Å². The summed E-state index contributed by atoms with van der Waals surface area (Å²) in [6.07, 6.45) is 5.40. The Morgan fingerprint density at radius 2 is 2.22 bits per heavy atom. The smallest absolute Gasteiger partial charge is 0.235 e. The predicted octanol–water partition coefficient (Wildman–Crippen LogP) is 3.43. The van der Waals surface area contributed by atoms with Gasteiger partial charge in [0.05, 0.1) is 17.3 Å². The normalized spacial score (nSPS) is 12.1. The molecule has 1 N–H and O–H groups in total. The molecule has 3 aromatic rings. The average Bonchev–Trinajstić information content (AvgIpc) is 3.00. The van der Waals surface area contributed by atoms with Gasteiger partial charge in [0, 0.05) is 24.3 Å². The van der Waals surface area contributed by atoms with Gasteiger partial charge in [0.15, 0.2) is 5.01 Å². The lowest BCUT2D eigenvalue weighted by atomic mass is 10.1. The van der Waals surface area contributed by atoms with E-state index in [0.717, 1.165) is 28.1 Å². The van der Waals surface area contributed by atoms with Crippen molar-refractivity contribution in [3.63, 3.8) is 0 Å². The molecule has 0 radical (unpaired) electrons. The molecule has 0 aromatic carbocycles. The first-order valence-electron chi connectivity index (χ1n) is 7.41. The standard InChI is InChI=1S/C16H18N6S/c1-4-17-10-16(2,3)21-15-20-14(23-22-15)12-8-11-6-5-7-18-13(11)9-19-12/h5-10H,4H2,1-3H3,(H,21,22). The molecule has 0 aliphatic heterocycles. The van der Waals surface area contributed by atoms with Gasteiger partial charge in [-0.25, -0.2) is 0 Å². The van der Waals surface area contributed by atoms with Crippen molar-refractivity contribution in [1.29, 1.82) is 0 Å². The molecule has 23 heavy (non-hydrogen) atoms. The highest BCUT2D eigenvalue weighted by atomic mass is 32.1. The van der Waals surface area contributed by atoms with Crippen molar-refractivity contribution < 1.29 is 0 Å². The fourth-order valence-electron chi connectivity index (χ4n) is 2.11. The van der Waals surface area contributed by atoms with E-state index < -0.39 is 0 Å². The number of pyridine rings is 2. The fourth-order valence-corrected chi connectivity index (χ4v) is 2.70. The number of hydrogen-bond donors (Lipinski definition) is 1. The van der Waals surface area contributed by atoms with Crippen molar-refractivity contribution in [2.24, 2.45) is 4.99 Å². The molecule has 0 bridgehead atoms. The fraction of sp³-hybridized carbons (Fsp3) is 0.312. The molecular weight excluding hydrogens is 308 g/mol. The van der Waals surface area contributed by atoms with Crippen molar-refractivity contribution in [2.45, 2.75) is 26.3 Å². The van der Waals surface area contributed by atoms with Gasteiger partial charge in [-0.3, -0.25) is 15.0 Å². The third kappa shape index (κ3) is 3.68. The van der Waals surface area contributed by atoms with Crippen LogP contribution in [0.25, 0.3) is 21.6 Å². The summed E-state index contributed by atoms with van der Waals surface area (Å²) >= 11 is 1.32. The molecule has 0 saturated heterocycles. The molecule has 3 heterocycles. The van der Waals surface area contributed by atoms with E-state index in [4.69, 9.17) is 0 Å². The molecule has 0 saturated carbocycles. The Morgan fingerprint density at radius 3 is 3.04 bits per heavy atom. The zero-order valence-electron chi connectivity index (χ0n) is 13.3. The van der Waals surface area contributed by atoms with Crippen LogP contribution in [0, 0.1) is 0 Å². The minimum atomic E-state index is -0.297. The minimum Gasteiger partial charge on any atom is -0.344 e. The van der Waals surface area contributed by atoms with Crippen LogP contribution in [0.5, 0.6) is 0 Å². The maximum atomic E-state index is 4.53. The number of anilines is 1. The Kier molecular flexibility index (Phi) is 4.29. The van der Waals surface area contributed by atoms with E-state index in [1.165, 1.54) is 11.5 Å². The van der Waals surface area contributed by atoms with Gasteiger partial charge in [0.25, 0.3) is 0 Å². The highest BCUT2D eigenvalue weighted by molar-refractivity contribution is 7.09. The van der Waals surface area contributed by atoms with E-state index >= 15 is 0 Å². The molecular formula is C16H18N6S. The molecule has 118 valence electrons. The monoisotopic (exact) mass is 326 g/mol. The lowest BCUT2D eigenvalue weighted by Gasteiger charge is -2.19. The van der Waals surface area contributed by atoms with E-state index in [9.17, 15) is 0 Å². The second-order valence-corrected chi connectivity index (χ2v) is 6.42. The van der Waals surface area contributed by atoms with Crippen LogP contribution in [0.4, 0.5) is 5.95 Å². The van der Waals surface area contributed by atoms with Gasteiger partial charge < -0.3 is 5.32 Å². The van der Waals surface area contributed by atoms with Crippen LogP contribution in [-0.4, -0.2) is 37.6 Å². The second-order valence-electron chi connectivity index (χ2n) is 5.66. The summed E-state index contributed by atoms with van der Waals surface area (Å²) in [6, 6.07) is 5.91. The van der Waals surface area contributed by atoms with Crippen LogP contribution < -0.4 is 5.32 Å². The Morgan fingerprint density at radius 1 is 1.35 bits per heavy atom. The van der Waals surface area contributed by atoms with Gasteiger partial charge in [0.1, 0.15) is 5.69 Å². The van der Waals surface area contributed by atoms with E-state index in [0.29, 0.717) is 5.95 Å². The van der Waals surface area contributed by atoms with E-state index in [1.807, 2.05) is 45.2 Å². The molecule has 0 aliphatic rings. The summed E-state index contributed by atoms with van der Waals surface area (Å²) in [5, 5.41) is 5.10. The molecule has 0 amide bonds. The molecule has 7 heteroatoms. The Hall–Kier alpha value is -2.41. The largest absolute Gasteiger partial charge is 0.344 e. The molecule has 0 atom stereocenters. The van der Waals surface area contributed by atoms with Gasteiger partial charge in [-0.15, -0.1) is 0 Å². The Labute approximate surface area is 138 Å². The summed E-state index contributed by atoms with van der Waals surface area (Å²) in [5.41, 5.74) is 1.38. The first kappa shape index (κ1) is 15.5. The molecule has 3 aromatic heterocycles. The van der Waals surface area contributed by atoms with Gasteiger partial charge in [0.2, 0.25) is 5.95 Å². The lowest BCUT2D eigenvalue weighted by molar-refractivity contribution is 0.761. The van der Waals surface area contributed by atoms with Crippen LogP contribution in [0.3, 0.4) is 0 Å². The number of hydrogen-bond acceptors (Lipinski definition) is 7. The Bertz CT molecular complexity index is 839. The van der Waals surface area contributed by atoms with Crippen LogP contribution in [0.15, 0.2) is 35.6 Å².